The van der Waals surface area contributed by atoms with Gasteiger partial charge in [-0.05, 0) is 45.7 Å². The van der Waals surface area contributed by atoms with Crippen molar-refractivity contribution in [2.24, 2.45) is 5.92 Å². The normalized spacial score (nSPS) is 11.3. The minimum atomic E-state index is 0.749. The zero-order valence-electron chi connectivity index (χ0n) is 11.1. The molecule has 3 heteroatoms. The van der Waals surface area contributed by atoms with Crippen molar-refractivity contribution in [1.29, 1.82) is 0 Å². The van der Waals surface area contributed by atoms with Crippen LogP contribution in [0.25, 0.3) is 0 Å². The highest BCUT2D eigenvalue weighted by atomic mass is 15.0. The van der Waals surface area contributed by atoms with Crippen molar-refractivity contribution >= 4 is 0 Å². The van der Waals surface area contributed by atoms with Crippen molar-refractivity contribution < 1.29 is 0 Å². The second kappa shape index (κ2) is 6.69. The van der Waals surface area contributed by atoms with E-state index in [4.69, 9.17) is 0 Å². The summed E-state index contributed by atoms with van der Waals surface area (Å²) in [6.07, 6.45) is 4.41. The molecule has 0 atom stereocenters. The fourth-order valence-corrected chi connectivity index (χ4v) is 1.69. The van der Waals surface area contributed by atoms with Crippen molar-refractivity contribution in [3.63, 3.8) is 0 Å². The number of aryl methyl sites for hydroxylation is 2. The van der Waals surface area contributed by atoms with Gasteiger partial charge in [-0.2, -0.15) is 0 Å². The Morgan fingerprint density at radius 2 is 2.06 bits per heavy atom. The Labute approximate surface area is 99.3 Å². The minimum Gasteiger partial charge on any atom is -0.335 e. The van der Waals surface area contributed by atoms with Gasteiger partial charge in [0.2, 0.25) is 0 Å². The van der Waals surface area contributed by atoms with E-state index >= 15 is 0 Å². The Morgan fingerprint density at radius 1 is 1.31 bits per heavy atom. The Hall–Kier alpha value is -0.830. The number of nitrogens with zero attached hydrogens (tertiary/aromatic N) is 2. The summed E-state index contributed by atoms with van der Waals surface area (Å²) in [7, 11) is 0. The van der Waals surface area contributed by atoms with Crippen LogP contribution in [0, 0.1) is 19.8 Å². The first-order chi connectivity index (χ1) is 7.61. The first-order valence-corrected chi connectivity index (χ1v) is 6.30. The zero-order chi connectivity index (χ0) is 12.0. The number of aromatic nitrogens is 2. The van der Waals surface area contributed by atoms with Crippen molar-refractivity contribution in [3.05, 3.63) is 17.7 Å². The van der Waals surface area contributed by atoms with Crippen LogP contribution in [0.2, 0.25) is 0 Å². The van der Waals surface area contributed by atoms with E-state index in [0.29, 0.717) is 0 Å². The Morgan fingerprint density at radius 3 is 2.62 bits per heavy atom. The maximum absolute atomic E-state index is 4.30. The summed E-state index contributed by atoms with van der Waals surface area (Å²) >= 11 is 0. The maximum Gasteiger partial charge on any atom is 0.0951 e. The molecule has 16 heavy (non-hydrogen) atoms. The predicted octanol–water partition coefficient (Wildman–Crippen LogP) is 2.53. The molecule has 1 aromatic heterocycles. The molecule has 1 rings (SSSR count). The standard InChI is InChI=1S/C13H25N3/c1-11(2)9-14-7-5-6-8-16-10-15-12(3)13(16)4/h10-11,14H,5-9H2,1-4H3. The molecule has 0 amide bonds. The van der Waals surface area contributed by atoms with Gasteiger partial charge in [-0.3, -0.25) is 0 Å². The first-order valence-electron chi connectivity index (χ1n) is 6.30. The van der Waals surface area contributed by atoms with Crippen LogP contribution in [0.3, 0.4) is 0 Å². The van der Waals surface area contributed by atoms with Gasteiger partial charge in [-0.15, -0.1) is 0 Å². The molecule has 0 saturated carbocycles. The lowest BCUT2D eigenvalue weighted by atomic mass is 10.2. The minimum absolute atomic E-state index is 0.749. The van der Waals surface area contributed by atoms with Crippen LogP contribution >= 0.6 is 0 Å². The topological polar surface area (TPSA) is 29.9 Å². The maximum atomic E-state index is 4.30. The van der Waals surface area contributed by atoms with E-state index in [1.807, 2.05) is 6.33 Å². The van der Waals surface area contributed by atoms with Crippen molar-refractivity contribution in [2.45, 2.75) is 47.1 Å². The molecular formula is C13H25N3. The molecular weight excluding hydrogens is 198 g/mol. The molecule has 0 aromatic carbocycles. The lowest BCUT2D eigenvalue weighted by Crippen LogP contribution is -2.20. The summed E-state index contributed by atoms with van der Waals surface area (Å²) < 4.78 is 2.25. The molecule has 0 spiro atoms. The summed E-state index contributed by atoms with van der Waals surface area (Å²) in [4.78, 5) is 4.30. The third-order valence-corrected chi connectivity index (χ3v) is 2.90. The summed E-state index contributed by atoms with van der Waals surface area (Å²) in [6, 6.07) is 0. The van der Waals surface area contributed by atoms with Crippen molar-refractivity contribution in [2.75, 3.05) is 13.1 Å². The Kier molecular flexibility index (Phi) is 5.53. The van der Waals surface area contributed by atoms with Gasteiger partial charge >= 0.3 is 0 Å². The fourth-order valence-electron chi connectivity index (χ4n) is 1.69. The highest BCUT2D eigenvalue weighted by Crippen LogP contribution is 2.05. The van der Waals surface area contributed by atoms with Crippen LogP contribution in [0.15, 0.2) is 6.33 Å². The van der Waals surface area contributed by atoms with Gasteiger partial charge < -0.3 is 9.88 Å². The van der Waals surface area contributed by atoms with E-state index in [2.05, 4.69) is 42.6 Å². The second-order valence-electron chi connectivity index (χ2n) is 4.91. The van der Waals surface area contributed by atoms with Crippen LogP contribution in [-0.4, -0.2) is 22.6 Å². The number of nitrogens with one attached hydrogen (secondary N) is 1. The molecule has 92 valence electrons. The van der Waals surface area contributed by atoms with Gasteiger partial charge in [-0.25, -0.2) is 4.98 Å². The predicted molar refractivity (Wildman–Crippen MR) is 68.6 cm³/mol. The molecule has 0 saturated heterocycles. The van der Waals surface area contributed by atoms with Crippen LogP contribution in [-0.2, 0) is 6.54 Å². The molecule has 1 N–H and O–H groups in total. The largest absolute Gasteiger partial charge is 0.335 e. The second-order valence-corrected chi connectivity index (χ2v) is 4.91. The van der Waals surface area contributed by atoms with Gasteiger partial charge in [0.1, 0.15) is 0 Å². The molecule has 0 aliphatic heterocycles. The number of hydrogen-bond acceptors (Lipinski definition) is 2. The van der Waals surface area contributed by atoms with Crippen LogP contribution in [0.4, 0.5) is 0 Å². The highest BCUT2D eigenvalue weighted by molar-refractivity contribution is 5.08. The van der Waals surface area contributed by atoms with E-state index in [0.717, 1.165) is 31.2 Å². The number of rotatable bonds is 7. The summed E-state index contributed by atoms with van der Waals surface area (Å²) in [5.74, 6) is 0.749. The molecule has 0 fully saturated rings. The van der Waals surface area contributed by atoms with Crippen molar-refractivity contribution in [1.82, 2.24) is 14.9 Å². The molecule has 0 bridgehead atoms. The summed E-state index contributed by atoms with van der Waals surface area (Å²) in [6.45, 7) is 12.0. The fraction of sp³-hybridized carbons (Fsp3) is 0.769. The number of hydrogen-bond donors (Lipinski definition) is 1. The molecule has 1 aromatic rings. The molecule has 1 heterocycles. The lowest BCUT2D eigenvalue weighted by Gasteiger charge is -2.08. The summed E-state index contributed by atoms with van der Waals surface area (Å²) in [5, 5.41) is 3.47. The number of imidazole rings is 1. The van der Waals surface area contributed by atoms with Gasteiger partial charge in [-0.1, -0.05) is 13.8 Å². The molecule has 0 aliphatic carbocycles. The smallest absolute Gasteiger partial charge is 0.0951 e. The van der Waals surface area contributed by atoms with Gasteiger partial charge in [0.15, 0.2) is 0 Å². The Bertz CT molecular complexity index is 302. The van der Waals surface area contributed by atoms with E-state index in [9.17, 15) is 0 Å². The monoisotopic (exact) mass is 223 g/mol. The van der Waals surface area contributed by atoms with E-state index < -0.39 is 0 Å². The van der Waals surface area contributed by atoms with E-state index in [1.165, 1.54) is 18.5 Å². The molecule has 3 nitrogen and oxygen atoms in total. The molecule has 0 aliphatic rings. The highest BCUT2D eigenvalue weighted by Gasteiger charge is 2.00. The van der Waals surface area contributed by atoms with Crippen LogP contribution in [0.1, 0.15) is 38.1 Å². The average molecular weight is 223 g/mol. The summed E-state index contributed by atoms with van der Waals surface area (Å²) in [5.41, 5.74) is 2.45. The third kappa shape index (κ3) is 4.35. The molecule has 0 radical (unpaired) electrons. The van der Waals surface area contributed by atoms with E-state index in [-0.39, 0.29) is 0 Å². The first kappa shape index (κ1) is 13.2. The molecule has 0 unspecified atom stereocenters. The van der Waals surface area contributed by atoms with Crippen molar-refractivity contribution in [3.8, 4) is 0 Å². The van der Waals surface area contributed by atoms with E-state index in [1.54, 1.807) is 0 Å². The van der Waals surface area contributed by atoms with Gasteiger partial charge in [0.05, 0.1) is 12.0 Å². The van der Waals surface area contributed by atoms with Crippen LogP contribution < -0.4 is 5.32 Å². The third-order valence-electron chi connectivity index (χ3n) is 2.90. The van der Waals surface area contributed by atoms with Gasteiger partial charge in [0.25, 0.3) is 0 Å². The zero-order valence-corrected chi connectivity index (χ0v) is 11.1. The lowest BCUT2D eigenvalue weighted by molar-refractivity contribution is 0.517. The SMILES string of the molecule is Cc1ncn(CCCCNCC(C)C)c1C. The number of unbranched alkanes of at least 4 members (excludes halogenated alkanes) is 1. The quantitative estimate of drug-likeness (QED) is 0.720. The van der Waals surface area contributed by atoms with Gasteiger partial charge in [0, 0.05) is 12.2 Å². The Balaban J connectivity index is 2.10. The van der Waals surface area contributed by atoms with Crippen LogP contribution in [0.5, 0.6) is 0 Å². The average Bonchev–Trinajstić information content (AvgIpc) is 2.54.